The van der Waals surface area contributed by atoms with E-state index in [2.05, 4.69) is 4.90 Å². The number of rotatable bonds is 8. The maximum Gasteiger partial charge on any atom is 0.263 e. The first-order valence-electron chi connectivity index (χ1n) is 10.5. The summed E-state index contributed by atoms with van der Waals surface area (Å²) in [5, 5.41) is 1.28. The van der Waals surface area contributed by atoms with Crippen molar-refractivity contribution in [3.05, 3.63) is 47.0 Å². The lowest BCUT2D eigenvalue weighted by molar-refractivity contribution is 0.0376. The van der Waals surface area contributed by atoms with E-state index in [4.69, 9.17) is 30.8 Å². The summed E-state index contributed by atoms with van der Waals surface area (Å²) in [6.45, 7) is 4.75. The van der Waals surface area contributed by atoms with Gasteiger partial charge in [0.2, 0.25) is 0 Å². The highest BCUT2D eigenvalue weighted by Gasteiger charge is 2.26. The maximum atomic E-state index is 13.7. The number of carbonyl (C=O) groups excluding carboxylic acids is 1. The number of aromatic nitrogens is 1. The maximum absolute atomic E-state index is 13.7. The first kappa shape index (κ1) is 22.8. The van der Waals surface area contributed by atoms with Gasteiger partial charge in [-0.2, -0.15) is 0 Å². The number of para-hydroxylation sites is 1. The average Bonchev–Trinajstić information content (AvgIpc) is 3.24. The van der Waals surface area contributed by atoms with Crippen LogP contribution in [-0.2, 0) is 4.74 Å². The molecule has 1 amide bonds. The van der Waals surface area contributed by atoms with E-state index < -0.39 is 0 Å². The molecule has 1 aliphatic rings. The number of halogens is 1. The molecule has 1 saturated heterocycles. The topological polar surface area (TPSA) is 64.1 Å². The summed E-state index contributed by atoms with van der Waals surface area (Å²) in [5.41, 5.74) is 1.26. The Morgan fingerprint density at radius 1 is 1.22 bits per heavy atom. The zero-order valence-electron chi connectivity index (χ0n) is 18.2. The molecular formula is C23H26ClN3O4S. The predicted octanol–water partition coefficient (Wildman–Crippen LogP) is 4.34. The van der Waals surface area contributed by atoms with Crippen LogP contribution in [0.1, 0.15) is 16.8 Å². The second-order valence-corrected chi connectivity index (χ2v) is 8.86. The summed E-state index contributed by atoms with van der Waals surface area (Å²) in [6.07, 6.45) is 0.814. The minimum absolute atomic E-state index is 0.173. The molecule has 0 unspecified atom stereocenters. The molecule has 2 heterocycles. The molecule has 0 radical (unpaired) electrons. The molecule has 0 bridgehead atoms. The van der Waals surface area contributed by atoms with Crippen LogP contribution in [0.3, 0.4) is 0 Å². The summed E-state index contributed by atoms with van der Waals surface area (Å²) in [7, 11) is 3.10. The molecule has 32 heavy (non-hydrogen) atoms. The monoisotopic (exact) mass is 475 g/mol. The van der Waals surface area contributed by atoms with Gasteiger partial charge in [0.1, 0.15) is 0 Å². The summed E-state index contributed by atoms with van der Waals surface area (Å²) >= 11 is 7.62. The Morgan fingerprint density at radius 2 is 2.03 bits per heavy atom. The van der Waals surface area contributed by atoms with Crippen molar-refractivity contribution in [2.24, 2.45) is 0 Å². The minimum Gasteiger partial charge on any atom is -0.493 e. The van der Waals surface area contributed by atoms with Crippen LogP contribution in [0.5, 0.6) is 11.5 Å². The van der Waals surface area contributed by atoms with Crippen molar-refractivity contribution in [1.29, 1.82) is 0 Å². The quantitative estimate of drug-likeness (QED) is 0.483. The Labute approximate surface area is 196 Å². The van der Waals surface area contributed by atoms with Gasteiger partial charge in [0.25, 0.3) is 5.91 Å². The summed E-state index contributed by atoms with van der Waals surface area (Å²) < 4.78 is 17.3. The van der Waals surface area contributed by atoms with E-state index in [1.54, 1.807) is 30.2 Å². The van der Waals surface area contributed by atoms with E-state index in [0.717, 1.165) is 49.5 Å². The van der Waals surface area contributed by atoms with Crippen molar-refractivity contribution < 1.29 is 19.0 Å². The number of anilines is 1. The van der Waals surface area contributed by atoms with Crippen molar-refractivity contribution in [3.63, 3.8) is 0 Å². The number of carbonyl (C=O) groups is 1. The van der Waals surface area contributed by atoms with Crippen LogP contribution in [-0.4, -0.2) is 69.4 Å². The highest BCUT2D eigenvalue weighted by molar-refractivity contribution is 7.22. The first-order valence-corrected chi connectivity index (χ1v) is 11.7. The molecule has 0 N–H and O–H groups in total. The lowest BCUT2D eigenvalue weighted by Crippen LogP contribution is -2.39. The van der Waals surface area contributed by atoms with E-state index >= 15 is 0 Å². The number of thiazole rings is 1. The smallest absolute Gasteiger partial charge is 0.263 e. The minimum atomic E-state index is -0.173. The predicted molar refractivity (Wildman–Crippen MR) is 128 cm³/mol. The van der Waals surface area contributed by atoms with Crippen LogP contribution in [0.25, 0.3) is 10.2 Å². The summed E-state index contributed by atoms with van der Waals surface area (Å²) in [5.74, 6) is 0.762. The summed E-state index contributed by atoms with van der Waals surface area (Å²) in [6, 6.07) is 10.9. The van der Waals surface area contributed by atoms with Gasteiger partial charge in [-0.25, -0.2) is 4.98 Å². The van der Waals surface area contributed by atoms with Gasteiger partial charge in [-0.1, -0.05) is 29.0 Å². The van der Waals surface area contributed by atoms with E-state index in [-0.39, 0.29) is 5.91 Å². The average molecular weight is 476 g/mol. The molecule has 170 valence electrons. The number of fused-ring (bicyclic) bond motifs is 1. The van der Waals surface area contributed by atoms with Gasteiger partial charge < -0.3 is 14.2 Å². The zero-order valence-corrected chi connectivity index (χ0v) is 19.7. The fourth-order valence-electron chi connectivity index (χ4n) is 3.76. The molecule has 1 aromatic heterocycles. The highest BCUT2D eigenvalue weighted by atomic mass is 35.5. The Hall–Kier alpha value is -2.39. The number of amides is 1. The molecule has 1 aliphatic heterocycles. The Morgan fingerprint density at radius 3 is 2.78 bits per heavy atom. The fraction of sp³-hybridized carbons (Fsp3) is 0.391. The SMILES string of the molecule is COc1cccc(C(=O)N(CCCN2CCOCC2)c2nc3ccc(Cl)cc3s2)c1OC. The van der Waals surface area contributed by atoms with Gasteiger partial charge in [0.15, 0.2) is 16.6 Å². The van der Waals surface area contributed by atoms with E-state index in [1.165, 1.54) is 18.4 Å². The van der Waals surface area contributed by atoms with Crippen LogP contribution >= 0.6 is 22.9 Å². The van der Waals surface area contributed by atoms with Gasteiger partial charge in [-0.05, 0) is 36.8 Å². The Balaban J connectivity index is 1.64. The number of ether oxygens (including phenoxy) is 3. The standard InChI is InChI=1S/C23H26ClN3O4S/c1-29-19-6-3-5-17(21(19)30-2)22(28)27(10-4-9-26-11-13-31-14-12-26)23-25-18-8-7-16(24)15-20(18)32-23/h3,5-8,15H,4,9-14H2,1-2H3. The third-order valence-electron chi connectivity index (χ3n) is 5.41. The van der Waals surface area contributed by atoms with Crippen LogP contribution in [0.4, 0.5) is 5.13 Å². The lowest BCUT2D eigenvalue weighted by Gasteiger charge is -2.28. The van der Waals surface area contributed by atoms with E-state index in [9.17, 15) is 4.79 Å². The van der Waals surface area contributed by atoms with Crippen LogP contribution in [0, 0.1) is 0 Å². The van der Waals surface area contributed by atoms with Crippen LogP contribution < -0.4 is 14.4 Å². The number of morpholine rings is 1. The summed E-state index contributed by atoms with van der Waals surface area (Å²) in [4.78, 5) is 22.5. The van der Waals surface area contributed by atoms with Gasteiger partial charge >= 0.3 is 0 Å². The van der Waals surface area contributed by atoms with Crippen molar-refractivity contribution in [2.75, 3.05) is 58.5 Å². The van der Waals surface area contributed by atoms with Crippen LogP contribution in [0.2, 0.25) is 5.02 Å². The van der Waals surface area contributed by atoms with Crippen molar-refractivity contribution in [1.82, 2.24) is 9.88 Å². The van der Waals surface area contributed by atoms with Gasteiger partial charge in [0.05, 0.1) is 43.2 Å². The number of nitrogens with zero attached hydrogens (tertiary/aromatic N) is 3. The Kier molecular flexibility index (Phi) is 7.47. The number of hydrogen-bond acceptors (Lipinski definition) is 7. The molecule has 7 nitrogen and oxygen atoms in total. The number of hydrogen-bond donors (Lipinski definition) is 0. The third kappa shape index (κ3) is 4.99. The molecule has 1 fully saturated rings. The van der Waals surface area contributed by atoms with E-state index in [1.807, 2.05) is 18.2 Å². The van der Waals surface area contributed by atoms with Crippen LogP contribution in [0.15, 0.2) is 36.4 Å². The van der Waals surface area contributed by atoms with Gasteiger partial charge in [0, 0.05) is 31.2 Å². The number of benzene rings is 2. The largest absolute Gasteiger partial charge is 0.493 e. The molecule has 2 aromatic carbocycles. The Bertz CT molecular complexity index is 1080. The second kappa shape index (κ2) is 10.5. The lowest BCUT2D eigenvalue weighted by atomic mass is 10.1. The molecule has 0 spiro atoms. The van der Waals surface area contributed by atoms with Gasteiger partial charge in [-0.3, -0.25) is 14.6 Å². The molecule has 4 rings (SSSR count). The van der Waals surface area contributed by atoms with Crippen molar-refractivity contribution in [3.8, 4) is 11.5 Å². The molecule has 0 saturated carbocycles. The van der Waals surface area contributed by atoms with Crippen molar-refractivity contribution in [2.45, 2.75) is 6.42 Å². The van der Waals surface area contributed by atoms with Crippen molar-refractivity contribution >= 4 is 44.2 Å². The normalized spacial score (nSPS) is 14.5. The zero-order chi connectivity index (χ0) is 22.5. The number of methoxy groups -OCH3 is 2. The molecular weight excluding hydrogens is 450 g/mol. The molecule has 3 aromatic rings. The molecule has 0 aliphatic carbocycles. The van der Waals surface area contributed by atoms with E-state index in [0.29, 0.717) is 33.8 Å². The second-order valence-electron chi connectivity index (χ2n) is 7.41. The first-order chi connectivity index (χ1) is 15.6. The fourth-order valence-corrected chi connectivity index (χ4v) is 5.03. The highest BCUT2D eigenvalue weighted by Crippen LogP contribution is 2.35. The molecule has 0 atom stereocenters. The van der Waals surface area contributed by atoms with Gasteiger partial charge in [-0.15, -0.1) is 0 Å². The third-order valence-corrected chi connectivity index (χ3v) is 6.68. The molecule has 9 heteroatoms.